The van der Waals surface area contributed by atoms with Gasteiger partial charge in [0.25, 0.3) is 0 Å². The third kappa shape index (κ3) is 6.72. The zero-order valence-corrected chi connectivity index (χ0v) is 24.1. The Labute approximate surface area is 248 Å². The van der Waals surface area contributed by atoms with Gasteiger partial charge in [-0.2, -0.15) is 5.01 Å². The monoisotopic (exact) mass is 565 g/mol. The molecule has 0 aromatic heterocycles. The number of nitrogens with zero attached hydrogens (tertiary/aromatic N) is 4. The maximum absolute atomic E-state index is 14.1. The van der Waals surface area contributed by atoms with E-state index >= 15 is 0 Å². The number of carbonyl (C=O) groups is 2. The van der Waals surface area contributed by atoms with Crippen LogP contribution in [-0.4, -0.2) is 76.9 Å². The Kier molecular flexibility index (Phi) is 10.0. The highest BCUT2D eigenvalue weighted by Gasteiger charge is 2.50. The molecule has 2 amide bonds. The number of piperazine rings is 1. The van der Waals surface area contributed by atoms with E-state index in [9.17, 15) is 9.59 Å². The van der Waals surface area contributed by atoms with E-state index in [1.165, 1.54) is 0 Å². The molecular weight excluding hydrogens is 526 g/mol. The molecular formula is C34H39N5O3. The Hall–Kier alpha value is -4.00. The number of hydrazine groups is 1. The van der Waals surface area contributed by atoms with Gasteiger partial charge in [0.15, 0.2) is 0 Å². The largest absolute Gasteiger partial charge is 0.336 e. The molecule has 2 heterocycles. The summed E-state index contributed by atoms with van der Waals surface area (Å²) in [5.41, 5.74) is 3.41. The molecule has 0 aliphatic carbocycles. The van der Waals surface area contributed by atoms with Crippen LogP contribution in [0, 0.1) is 12.3 Å². The second-order valence-electron chi connectivity index (χ2n) is 10.7. The maximum atomic E-state index is 14.1. The Morgan fingerprint density at radius 1 is 0.952 bits per heavy atom. The first-order valence-corrected chi connectivity index (χ1v) is 14.7. The lowest BCUT2D eigenvalue weighted by atomic mass is 9.90. The molecule has 8 nitrogen and oxygen atoms in total. The lowest BCUT2D eigenvalue weighted by Gasteiger charge is -2.54. The third-order valence-electron chi connectivity index (χ3n) is 7.89. The van der Waals surface area contributed by atoms with E-state index < -0.39 is 12.2 Å². The fourth-order valence-corrected chi connectivity index (χ4v) is 5.92. The van der Waals surface area contributed by atoms with Crippen LogP contribution in [0.25, 0.3) is 0 Å². The van der Waals surface area contributed by atoms with Crippen LogP contribution >= 0.6 is 0 Å². The molecule has 8 heteroatoms. The second-order valence-corrected chi connectivity index (χ2v) is 10.7. The minimum absolute atomic E-state index is 0.0202. The zero-order chi connectivity index (χ0) is 29.3. The number of terminal acetylenes is 1. The van der Waals surface area contributed by atoms with Gasteiger partial charge in [0.2, 0.25) is 11.8 Å². The van der Waals surface area contributed by atoms with Crippen molar-refractivity contribution < 1.29 is 14.4 Å². The summed E-state index contributed by atoms with van der Waals surface area (Å²) in [6.07, 6.45) is 6.56. The van der Waals surface area contributed by atoms with Gasteiger partial charge in [0.05, 0.1) is 19.6 Å². The van der Waals surface area contributed by atoms with Gasteiger partial charge in [-0.05, 0) is 23.1 Å². The summed E-state index contributed by atoms with van der Waals surface area (Å²) in [5.74, 6) is 2.51. The lowest BCUT2D eigenvalue weighted by molar-refractivity contribution is -0.345. The number of fused-ring (bicyclic) bond motifs is 1. The van der Waals surface area contributed by atoms with Gasteiger partial charge in [-0.15, -0.1) is 6.42 Å². The van der Waals surface area contributed by atoms with Gasteiger partial charge >= 0.3 is 0 Å². The van der Waals surface area contributed by atoms with E-state index in [2.05, 4.69) is 47.6 Å². The van der Waals surface area contributed by atoms with Crippen molar-refractivity contribution in [3.05, 3.63) is 108 Å². The molecule has 2 aliphatic heterocycles. The molecule has 2 atom stereocenters. The van der Waals surface area contributed by atoms with Gasteiger partial charge in [0.1, 0.15) is 18.9 Å². The van der Waals surface area contributed by atoms with E-state index in [0.717, 1.165) is 23.1 Å². The molecule has 2 saturated heterocycles. The highest BCUT2D eigenvalue weighted by Crippen LogP contribution is 2.32. The summed E-state index contributed by atoms with van der Waals surface area (Å²) in [6.45, 7) is 3.97. The lowest BCUT2D eigenvalue weighted by Crippen LogP contribution is -2.75. The number of benzene rings is 3. The summed E-state index contributed by atoms with van der Waals surface area (Å²) in [6, 6.07) is 30.1. The van der Waals surface area contributed by atoms with Crippen LogP contribution in [0.15, 0.2) is 91.0 Å². The maximum Gasteiger partial charge on any atom is 0.245 e. The summed E-state index contributed by atoms with van der Waals surface area (Å²) < 4.78 is 0. The van der Waals surface area contributed by atoms with Crippen LogP contribution in [-0.2, 0) is 21.0 Å². The molecule has 3 aromatic rings. The van der Waals surface area contributed by atoms with Crippen molar-refractivity contribution in [1.29, 1.82) is 0 Å². The Balaban J connectivity index is 1.41. The Bertz CT molecular complexity index is 1310. The molecule has 2 fully saturated rings. The number of amides is 2. The van der Waals surface area contributed by atoms with E-state index in [4.69, 9.17) is 11.3 Å². The standard InChI is InChI=1S/C34H39N5O3/c1-3-14-31-34(41)36(23-30(28-17-10-6-11-18-28)29-19-12-7-13-20-29)24-32-38(31)33(40)25-37(21-4-2)39(32)42-26-35-22-27-15-8-5-9-16-27/h2,5-13,15-20,30-32,35H,3,14,21-26H2,1H3/t31-,32-/m0/s1. The van der Waals surface area contributed by atoms with Crippen molar-refractivity contribution in [1.82, 2.24) is 25.3 Å². The van der Waals surface area contributed by atoms with Crippen molar-refractivity contribution in [3.8, 4) is 12.3 Å². The molecule has 2 aliphatic rings. The van der Waals surface area contributed by atoms with E-state index in [1.807, 2.05) is 66.4 Å². The third-order valence-corrected chi connectivity index (χ3v) is 7.89. The fourth-order valence-electron chi connectivity index (χ4n) is 5.92. The van der Waals surface area contributed by atoms with Crippen molar-refractivity contribution in [2.75, 3.05) is 32.9 Å². The highest BCUT2D eigenvalue weighted by atomic mass is 16.7. The summed E-state index contributed by atoms with van der Waals surface area (Å²) in [5, 5.41) is 6.81. The van der Waals surface area contributed by atoms with Crippen LogP contribution < -0.4 is 5.32 Å². The molecule has 5 rings (SSSR count). The minimum atomic E-state index is -0.565. The molecule has 1 N–H and O–H groups in total. The van der Waals surface area contributed by atoms with Gasteiger partial charge in [-0.3, -0.25) is 19.7 Å². The summed E-state index contributed by atoms with van der Waals surface area (Å²) >= 11 is 0. The first kappa shape index (κ1) is 29.5. The Morgan fingerprint density at radius 3 is 2.17 bits per heavy atom. The summed E-state index contributed by atoms with van der Waals surface area (Å²) in [4.78, 5) is 37.5. The average molecular weight is 566 g/mol. The first-order valence-electron chi connectivity index (χ1n) is 14.7. The molecule has 0 saturated carbocycles. The van der Waals surface area contributed by atoms with Crippen molar-refractivity contribution in [2.24, 2.45) is 0 Å². The molecule has 42 heavy (non-hydrogen) atoms. The van der Waals surface area contributed by atoms with Crippen LogP contribution in [0.2, 0.25) is 0 Å². The van der Waals surface area contributed by atoms with Crippen LogP contribution in [0.1, 0.15) is 42.4 Å². The van der Waals surface area contributed by atoms with Gasteiger partial charge in [-0.1, -0.05) is 115 Å². The highest BCUT2D eigenvalue weighted by molar-refractivity contribution is 5.90. The first-order chi connectivity index (χ1) is 20.6. The van der Waals surface area contributed by atoms with Crippen molar-refractivity contribution >= 4 is 11.8 Å². The minimum Gasteiger partial charge on any atom is -0.336 e. The quantitative estimate of drug-likeness (QED) is 0.205. The van der Waals surface area contributed by atoms with Crippen LogP contribution in [0.5, 0.6) is 0 Å². The Morgan fingerprint density at radius 2 is 1.57 bits per heavy atom. The molecule has 218 valence electrons. The number of carbonyl (C=O) groups excluding carboxylic acids is 2. The number of rotatable bonds is 12. The molecule has 0 spiro atoms. The number of hydroxylamine groups is 1. The van der Waals surface area contributed by atoms with E-state index in [1.54, 1.807) is 15.1 Å². The second kappa shape index (κ2) is 14.3. The molecule has 0 bridgehead atoms. The SMILES string of the molecule is C#CCN1CC(=O)N2[C@@H](CCC)C(=O)N(CC(c3ccccc3)c3ccccc3)C[C@@H]2N1OCNCc1ccccc1. The molecule has 0 unspecified atom stereocenters. The topological polar surface area (TPSA) is 68.4 Å². The number of hydrogen-bond donors (Lipinski definition) is 1. The normalized spacial score (nSPS) is 19.6. The number of hydrogen-bond acceptors (Lipinski definition) is 6. The van der Waals surface area contributed by atoms with Crippen LogP contribution in [0.3, 0.4) is 0 Å². The van der Waals surface area contributed by atoms with Crippen molar-refractivity contribution in [2.45, 2.75) is 44.4 Å². The van der Waals surface area contributed by atoms with Crippen molar-refractivity contribution in [3.63, 3.8) is 0 Å². The predicted molar refractivity (Wildman–Crippen MR) is 162 cm³/mol. The fraction of sp³-hybridized carbons (Fsp3) is 0.353. The zero-order valence-electron chi connectivity index (χ0n) is 24.1. The number of nitrogens with one attached hydrogen (secondary N) is 1. The predicted octanol–water partition coefficient (Wildman–Crippen LogP) is 3.83. The van der Waals surface area contributed by atoms with Gasteiger partial charge < -0.3 is 9.80 Å². The van der Waals surface area contributed by atoms with Gasteiger partial charge in [0, 0.05) is 19.0 Å². The van der Waals surface area contributed by atoms with Gasteiger partial charge in [-0.25, -0.2) is 0 Å². The smallest absolute Gasteiger partial charge is 0.245 e. The molecule has 3 aromatic carbocycles. The molecule has 0 radical (unpaired) electrons. The average Bonchev–Trinajstić information content (AvgIpc) is 3.02. The van der Waals surface area contributed by atoms with E-state index in [0.29, 0.717) is 26.1 Å². The van der Waals surface area contributed by atoms with Crippen LogP contribution in [0.4, 0.5) is 0 Å². The van der Waals surface area contributed by atoms with E-state index in [-0.39, 0.29) is 37.6 Å². The summed E-state index contributed by atoms with van der Waals surface area (Å²) in [7, 11) is 0.